The molecule has 20 heavy (non-hydrogen) atoms. The number of rotatable bonds is 5. The summed E-state index contributed by atoms with van der Waals surface area (Å²) in [6, 6.07) is 6.64. The Morgan fingerprint density at radius 3 is 2.35 bits per heavy atom. The number of ether oxygens (including phenoxy) is 1. The topological polar surface area (TPSA) is 63.7 Å². The van der Waals surface area contributed by atoms with Gasteiger partial charge in [-0.25, -0.2) is 0 Å². The van der Waals surface area contributed by atoms with Crippen molar-refractivity contribution in [3.05, 3.63) is 47.5 Å². The van der Waals surface area contributed by atoms with E-state index in [-0.39, 0.29) is 31.4 Å². The summed E-state index contributed by atoms with van der Waals surface area (Å²) in [6.45, 7) is 2.07. The fourth-order valence-corrected chi connectivity index (χ4v) is 1.95. The molecule has 1 aromatic carbocycles. The third-order valence-electron chi connectivity index (χ3n) is 2.99. The molecular weight excluding hydrogens is 258 g/mol. The Hall–Kier alpha value is -2.43. The lowest BCUT2D eigenvalue weighted by atomic mass is 10.1. The van der Waals surface area contributed by atoms with Gasteiger partial charge in [0.05, 0.1) is 17.5 Å². The van der Waals surface area contributed by atoms with Crippen LogP contribution in [0.1, 0.15) is 34.1 Å². The Morgan fingerprint density at radius 2 is 1.80 bits per heavy atom. The van der Waals surface area contributed by atoms with Crippen LogP contribution in [0.15, 0.2) is 36.4 Å². The van der Waals surface area contributed by atoms with Gasteiger partial charge in [0.1, 0.15) is 6.61 Å². The van der Waals surface area contributed by atoms with Crippen LogP contribution >= 0.6 is 0 Å². The molecule has 0 unspecified atom stereocenters. The minimum absolute atomic E-state index is 0.00300. The van der Waals surface area contributed by atoms with Crippen molar-refractivity contribution in [2.24, 2.45) is 0 Å². The van der Waals surface area contributed by atoms with Crippen molar-refractivity contribution in [1.29, 1.82) is 0 Å². The number of allylic oxidation sites excluding steroid dienone is 1. The zero-order chi connectivity index (χ0) is 14.5. The third-order valence-corrected chi connectivity index (χ3v) is 2.99. The van der Waals surface area contributed by atoms with Crippen molar-refractivity contribution in [3.8, 4) is 0 Å². The first-order valence-electron chi connectivity index (χ1n) is 6.37. The summed E-state index contributed by atoms with van der Waals surface area (Å²) in [7, 11) is 0. The summed E-state index contributed by atoms with van der Waals surface area (Å²) < 4.78 is 4.91. The van der Waals surface area contributed by atoms with Gasteiger partial charge in [0.25, 0.3) is 11.8 Å². The van der Waals surface area contributed by atoms with Gasteiger partial charge in [-0.2, -0.15) is 0 Å². The van der Waals surface area contributed by atoms with Crippen molar-refractivity contribution in [1.82, 2.24) is 4.90 Å². The highest BCUT2D eigenvalue weighted by atomic mass is 16.5. The SMILES string of the molecule is C/C=C/COC(=O)CCN1C(=O)c2ccccc2C1=O. The summed E-state index contributed by atoms with van der Waals surface area (Å²) in [5, 5.41) is 0. The second kappa shape index (κ2) is 6.14. The number of carbonyl (C=O) groups excluding carboxylic acids is 3. The molecule has 0 saturated heterocycles. The van der Waals surface area contributed by atoms with E-state index in [4.69, 9.17) is 4.74 Å². The van der Waals surface area contributed by atoms with E-state index >= 15 is 0 Å². The third kappa shape index (κ3) is 2.77. The van der Waals surface area contributed by atoms with E-state index in [0.717, 1.165) is 4.90 Å². The van der Waals surface area contributed by atoms with Crippen LogP contribution in [-0.4, -0.2) is 35.8 Å². The standard InChI is InChI=1S/C15H15NO4/c1-2-3-10-20-13(17)8-9-16-14(18)11-6-4-5-7-12(11)15(16)19/h2-7H,8-10H2,1H3/b3-2+. The van der Waals surface area contributed by atoms with E-state index in [9.17, 15) is 14.4 Å². The molecule has 0 N–H and O–H groups in total. The quantitative estimate of drug-likeness (QED) is 0.466. The molecule has 1 aliphatic rings. The lowest BCUT2D eigenvalue weighted by Gasteiger charge is -2.12. The van der Waals surface area contributed by atoms with Crippen LogP contribution in [0, 0.1) is 0 Å². The van der Waals surface area contributed by atoms with E-state index in [2.05, 4.69) is 0 Å². The Bertz CT molecular complexity index is 542. The van der Waals surface area contributed by atoms with Gasteiger partial charge in [0.2, 0.25) is 0 Å². The summed E-state index contributed by atoms with van der Waals surface area (Å²) in [5.74, 6) is -1.14. The highest BCUT2D eigenvalue weighted by Crippen LogP contribution is 2.22. The second-order valence-electron chi connectivity index (χ2n) is 4.31. The molecular formula is C15H15NO4. The summed E-state index contributed by atoms with van der Waals surface area (Å²) in [4.78, 5) is 36.6. The van der Waals surface area contributed by atoms with Gasteiger partial charge >= 0.3 is 5.97 Å². The maximum Gasteiger partial charge on any atom is 0.307 e. The smallest absolute Gasteiger partial charge is 0.307 e. The molecule has 1 heterocycles. The highest BCUT2D eigenvalue weighted by molar-refractivity contribution is 6.21. The number of fused-ring (bicyclic) bond motifs is 1. The minimum Gasteiger partial charge on any atom is -0.461 e. The average molecular weight is 273 g/mol. The normalized spacial score (nSPS) is 13.9. The number of imide groups is 1. The Balaban J connectivity index is 1.94. The summed E-state index contributed by atoms with van der Waals surface area (Å²) >= 11 is 0. The van der Waals surface area contributed by atoms with Crippen LogP contribution < -0.4 is 0 Å². The van der Waals surface area contributed by atoms with Crippen molar-refractivity contribution in [3.63, 3.8) is 0 Å². The van der Waals surface area contributed by atoms with Crippen LogP contribution in [0.4, 0.5) is 0 Å². The van der Waals surface area contributed by atoms with Gasteiger partial charge in [-0.15, -0.1) is 0 Å². The molecule has 0 saturated carbocycles. The molecule has 0 aliphatic carbocycles. The van der Waals surface area contributed by atoms with Crippen LogP contribution in [0.2, 0.25) is 0 Å². The number of nitrogens with zero attached hydrogens (tertiary/aromatic N) is 1. The Kier molecular flexibility index (Phi) is 4.30. The molecule has 0 spiro atoms. The zero-order valence-corrected chi connectivity index (χ0v) is 11.2. The van der Waals surface area contributed by atoms with Crippen LogP contribution in [0.25, 0.3) is 0 Å². The molecule has 1 aromatic rings. The highest BCUT2D eigenvalue weighted by Gasteiger charge is 2.34. The molecule has 5 nitrogen and oxygen atoms in total. The van der Waals surface area contributed by atoms with Crippen LogP contribution in [0.5, 0.6) is 0 Å². The lowest BCUT2D eigenvalue weighted by Crippen LogP contribution is -2.32. The van der Waals surface area contributed by atoms with Gasteiger partial charge < -0.3 is 4.74 Å². The lowest BCUT2D eigenvalue weighted by molar-refractivity contribution is -0.142. The molecule has 2 amide bonds. The Labute approximate surface area is 116 Å². The predicted molar refractivity (Wildman–Crippen MR) is 72.2 cm³/mol. The van der Waals surface area contributed by atoms with Gasteiger partial charge in [0, 0.05) is 6.54 Å². The Morgan fingerprint density at radius 1 is 1.20 bits per heavy atom. The van der Waals surface area contributed by atoms with Crippen LogP contribution in [0.3, 0.4) is 0 Å². The molecule has 5 heteroatoms. The molecule has 0 atom stereocenters. The van der Waals surface area contributed by atoms with E-state index < -0.39 is 5.97 Å². The van der Waals surface area contributed by atoms with Crippen molar-refractivity contribution in [2.45, 2.75) is 13.3 Å². The molecule has 0 radical (unpaired) electrons. The zero-order valence-electron chi connectivity index (χ0n) is 11.2. The van der Waals surface area contributed by atoms with E-state index in [1.54, 1.807) is 36.4 Å². The maximum absolute atomic E-state index is 12.0. The maximum atomic E-state index is 12.0. The molecule has 0 bridgehead atoms. The minimum atomic E-state index is -0.431. The van der Waals surface area contributed by atoms with E-state index in [1.807, 2.05) is 6.92 Å². The van der Waals surface area contributed by atoms with Gasteiger partial charge in [-0.05, 0) is 19.1 Å². The van der Waals surface area contributed by atoms with Gasteiger partial charge in [0.15, 0.2) is 0 Å². The fraction of sp³-hybridized carbons (Fsp3) is 0.267. The fourth-order valence-electron chi connectivity index (χ4n) is 1.95. The molecule has 0 fully saturated rings. The predicted octanol–water partition coefficient (Wildman–Crippen LogP) is 1.79. The molecule has 1 aliphatic heterocycles. The van der Waals surface area contributed by atoms with Crippen LogP contribution in [-0.2, 0) is 9.53 Å². The summed E-state index contributed by atoms with van der Waals surface area (Å²) in [5.41, 5.74) is 0.777. The molecule has 0 aromatic heterocycles. The first-order chi connectivity index (χ1) is 9.65. The number of hydrogen-bond acceptors (Lipinski definition) is 4. The number of hydrogen-bond donors (Lipinski definition) is 0. The molecule has 2 rings (SSSR count). The first-order valence-corrected chi connectivity index (χ1v) is 6.37. The van der Waals surface area contributed by atoms with Crippen molar-refractivity contribution in [2.75, 3.05) is 13.2 Å². The monoisotopic (exact) mass is 273 g/mol. The number of benzene rings is 1. The van der Waals surface area contributed by atoms with Crippen molar-refractivity contribution >= 4 is 17.8 Å². The molecule has 104 valence electrons. The number of esters is 1. The summed E-state index contributed by atoms with van der Waals surface area (Å²) in [6.07, 6.45) is 3.49. The average Bonchev–Trinajstić information content (AvgIpc) is 2.70. The van der Waals surface area contributed by atoms with Gasteiger partial charge in [-0.1, -0.05) is 24.3 Å². The van der Waals surface area contributed by atoms with Gasteiger partial charge in [-0.3, -0.25) is 19.3 Å². The van der Waals surface area contributed by atoms with Crippen molar-refractivity contribution < 1.29 is 19.1 Å². The largest absolute Gasteiger partial charge is 0.461 e. The van der Waals surface area contributed by atoms with E-state index in [0.29, 0.717) is 11.1 Å². The second-order valence-corrected chi connectivity index (χ2v) is 4.31. The number of amides is 2. The first kappa shape index (κ1) is 14.0. The van der Waals surface area contributed by atoms with E-state index in [1.165, 1.54) is 0 Å². The number of carbonyl (C=O) groups is 3.